The largest absolute Gasteiger partial charge is 0.482 e. The molecule has 42 heavy (non-hydrogen) atoms. The van der Waals surface area contributed by atoms with E-state index in [1.54, 1.807) is 9.80 Å². The third-order valence-electron chi connectivity index (χ3n) is 8.02. The highest BCUT2D eigenvalue weighted by Crippen LogP contribution is 2.35. The number of fused-ring (bicyclic) bond motifs is 1. The topological polar surface area (TPSA) is 91.4 Å². The number of rotatable bonds is 8. The molecule has 1 saturated heterocycles. The minimum atomic E-state index is -0.233. The van der Waals surface area contributed by atoms with Gasteiger partial charge in [-0.05, 0) is 65.9 Å². The summed E-state index contributed by atoms with van der Waals surface area (Å²) < 4.78 is 11.2. The molecule has 1 atom stereocenters. The standard InChI is InChI=1S/C33H38N4O5/c1-22-16-29-31(17-23(22)2)42-21-33(40)37(29)20-32(39)35(4)30(19-36-12-14-41-15-13-36)26-10-8-25(9-11-26)27-6-5-7-28(18-27)34-24(3)38/h5-11,16-18,30H,12-15,19-21H2,1-4H3,(H,34,38). The van der Waals surface area contributed by atoms with Gasteiger partial charge in [0.1, 0.15) is 12.3 Å². The first kappa shape index (κ1) is 29.3. The van der Waals surface area contributed by atoms with Crippen molar-refractivity contribution in [3.63, 3.8) is 0 Å². The van der Waals surface area contributed by atoms with Crippen LogP contribution in [0.3, 0.4) is 0 Å². The summed E-state index contributed by atoms with van der Waals surface area (Å²) in [6.45, 7) is 8.87. The number of hydrogen-bond acceptors (Lipinski definition) is 6. The molecule has 0 radical (unpaired) electrons. The van der Waals surface area contributed by atoms with Crippen LogP contribution in [-0.2, 0) is 19.1 Å². The van der Waals surface area contributed by atoms with E-state index in [0.717, 1.165) is 46.6 Å². The second-order valence-electron chi connectivity index (χ2n) is 11.0. The molecule has 1 unspecified atom stereocenters. The fraction of sp³-hybridized carbons (Fsp3) is 0.364. The van der Waals surface area contributed by atoms with Crippen molar-refractivity contribution >= 4 is 29.1 Å². The first-order valence-corrected chi connectivity index (χ1v) is 14.3. The lowest BCUT2D eigenvalue weighted by Gasteiger charge is -2.37. The summed E-state index contributed by atoms with van der Waals surface area (Å²) in [5.74, 6) is 0.118. The number of nitrogens with zero attached hydrogens (tertiary/aromatic N) is 3. The van der Waals surface area contributed by atoms with E-state index >= 15 is 0 Å². The zero-order chi connectivity index (χ0) is 29.8. The molecule has 3 aromatic rings. The van der Waals surface area contributed by atoms with Crippen molar-refractivity contribution in [2.24, 2.45) is 0 Å². The fourth-order valence-electron chi connectivity index (χ4n) is 5.40. The Labute approximate surface area is 247 Å². The third-order valence-corrected chi connectivity index (χ3v) is 8.02. The van der Waals surface area contributed by atoms with Crippen LogP contribution in [-0.4, -0.2) is 80.6 Å². The number of carbonyl (C=O) groups is 3. The molecule has 2 aliphatic heterocycles. The van der Waals surface area contributed by atoms with Gasteiger partial charge >= 0.3 is 0 Å². The number of likely N-dealkylation sites (N-methyl/N-ethyl adjacent to an activating group) is 1. The van der Waals surface area contributed by atoms with Crippen LogP contribution in [0.15, 0.2) is 60.7 Å². The van der Waals surface area contributed by atoms with Gasteiger partial charge in [0.2, 0.25) is 11.8 Å². The lowest BCUT2D eigenvalue weighted by Crippen LogP contribution is -2.48. The summed E-state index contributed by atoms with van der Waals surface area (Å²) in [7, 11) is 1.81. The van der Waals surface area contributed by atoms with E-state index < -0.39 is 0 Å². The van der Waals surface area contributed by atoms with Crippen molar-refractivity contribution in [1.82, 2.24) is 9.80 Å². The Morgan fingerprint density at radius 1 is 0.976 bits per heavy atom. The maximum Gasteiger partial charge on any atom is 0.265 e. The average molecular weight is 571 g/mol. The smallest absolute Gasteiger partial charge is 0.265 e. The average Bonchev–Trinajstić information content (AvgIpc) is 2.98. The summed E-state index contributed by atoms with van der Waals surface area (Å²) in [5.41, 5.74) is 6.46. The van der Waals surface area contributed by atoms with Gasteiger partial charge in [-0.2, -0.15) is 0 Å². The summed E-state index contributed by atoms with van der Waals surface area (Å²) >= 11 is 0. The van der Waals surface area contributed by atoms with Crippen LogP contribution in [0, 0.1) is 13.8 Å². The predicted molar refractivity (Wildman–Crippen MR) is 163 cm³/mol. The number of ether oxygens (including phenoxy) is 2. The molecule has 0 bridgehead atoms. The van der Waals surface area contributed by atoms with Gasteiger partial charge in [0.25, 0.3) is 5.91 Å². The zero-order valence-corrected chi connectivity index (χ0v) is 24.7. The van der Waals surface area contributed by atoms with Crippen LogP contribution in [0.2, 0.25) is 0 Å². The van der Waals surface area contributed by atoms with Gasteiger partial charge in [-0.1, -0.05) is 36.4 Å². The molecule has 0 aliphatic carbocycles. The number of anilines is 2. The Bertz CT molecular complexity index is 1470. The predicted octanol–water partition coefficient (Wildman–Crippen LogP) is 4.19. The number of amides is 3. The quantitative estimate of drug-likeness (QED) is 0.437. The molecule has 0 aromatic heterocycles. The van der Waals surface area contributed by atoms with Crippen molar-refractivity contribution in [3.8, 4) is 16.9 Å². The number of nitrogens with one attached hydrogen (secondary N) is 1. The number of hydrogen-bond donors (Lipinski definition) is 1. The summed E-state index contributed by atoms with van der Waals surface area (Å²) in [6, 6.07) is 19.5. The van der Waals surface area contributed by atoms with Crippen LogP contribution in [0.1, 0.15) is 29.7 Å². The lowest BCUT2D eigenvalue weighted by molar-refractivity contribution is -0.133. The van der Waals surface area contributed by atoms with Crippen molar-refractivity contribution in [3.05, 3.63) is 77.4 Å². The van der Waals surface area contributed by atoms with E-state index in [1.807, 2.05) is 69.4 Å². The number of morpholine rings is 1. The molecule has 1 fully saturated rings. The summed E-state index contributed by atoms with van der Waals surface area (Å²) in [4.78, 5) is 43.8. The van der Waals surface area contributed by atoms with Crippen LogP contribution >= 0.6 is 0 Å². The Morgan fingerprint density at radius 2 is 1.69 bits per heavy atom. The second kappa shape index (κ2) is 12.8. The summed E-state index contributed by atoms with van der Waals surface area (Å²) in [5, 5.41) is 2.83. The van der Waals surface area contributed by atoms with Gasteiger partial charge in [0.15, 0.2) is 6.61 Å². The highest BCUT2D eigenvalue weighted by atomic mass is 16.5. The zero-order valence-electron chi connectivity index (χ0n) is 24.7. The van der Waals surface area contributed by atoms with Gasteiger partial charge in [0.05, 0.1) is 24.9 Å². The molecule has 3 aromatic carbocycles. The number of benzene rings is 3. The van der Waals surface area contributed by atoms with E-state index in [0.29, 0.717) is 31.2 Å². The minimum Gasteiger partial charge on any atom is -0.482 e. The van der Waals surface area contributed by atoms with E-state index in [9.17, 15) is 14.4 Å². The molecule has 5 rings (SSSR count). The van der Waals surface area contributed by atoms with Crippen LogP contribution in [0.5, 0.6) is 5.75 Å². The molecular formula is C33H38N4O5. The number of aryl methyl sites for hydroxylation is 2. The van der Waals surface area contributed by atoms with Gasteiger partial charge in [-0.15, -0.1) is 0 Å². The van der Waals surface area contributed by atoms with Gasteiger partial charge in [-0.3, -0.25) is 24.2 Å². The number of carbonyl (C=O) groups excluding carboxylic acids is 3. The monoisotopic (exact) mass is 570 g/mol. The van der Waals surface area contributed by atoms with Crippen molar-refractivity contribution in [2.45, 2.75) is 26.8 Å². The van der Waals surface area contributed by atoms with Crippen LogP contribution < -0.4 is 15.0 Å². The van der Waals surface area contributed by atoms with Gasteiger partial charge in [-0.25, -0.2) is 0 Å². The summed E-state index contributed by atoms with van der Waals surface area (Å²) in [6.07, 6.45) is 0. The molecule has 0 spiro atoms. The first-order chi connectivity index (χ1) is 20.2. The Morgan fingerprint density at radius 3 is 2.40 bits per heavy atom. The molecule has 3 amide bonds. The SMILES string of the molecule is CC(=O)Nc1cccc(-c2ccc(C(CN3CCOCC3)N(C)C(=O)CN3C(=O)COc4cc(C)c(C)cc43)cc2)c1. The van der Waals surface area contributed by atoms with Crippen LogP contribution in [0.25, 0.3) is 11.1 Å². The fourth-order valence-corrected chi connectivity index (χ4v) is 5.40. The highest BCUT2D eigenvalue weighted by Gasteiger charge is 2.31. The van der Waals surface area contributed by atoms with E-state index in [4.69, 9.17) is 9.47 Å². The maximum atomic E-state index is 13.8. The molecule has 2 aliphatic rings. The van der Waals surface area contributed by atoms with E-state index in [2.05, 4.69) is 22.3 Å². The molecule has 0 saturated carbocycles. The van der Waals surface area contributed by atoms with Crippen LogP contribution in [0.4, 0.5) is 11.4 Å². The molecule has 9 nitrogen and oxygen atoms in total. The molecule has 2 heterocycles. The first-order valence-electron chi connectivity index (χ1n) is 14.3. The van der Waals surface area contributed by atoms with E-state index in [1.165, 1.54) is 6.92 Å². The lowest BCUT2D eigenvalue weighted by atomic mass is 9.99. The van der Waals surface area contributed by atoms with Crippen molar-refractivity contribution < 1.29 is 23.9 Å². The third kappa shape index (κ3) is 6.64. The Balaban J connectivity index is 1.39. The highest BCUT2D eigenvalue weighted by molar-refractivity contribution is 6.02. The minimum absolute atomic E-state index is 0.0676. The van der Waals surface area contributed by atoms with E-state index in [-0.39, 0.29) is 36.9 Å². The Hall–Kier alpha value is -4.21. The normalized spacial score (nSPS) is 15.9. The molecule has 1 N–H and O–H groups in total. The molecule has 9 heteroatoms. The van der Waals surface area contributed by atoms with Gasteiger partial charge < -0.3 is 19.7 Å². The Kier molecular flexibility index (Phi) is 8.89. The molecular weight excluding hydrogens is 532 g/mol. The maximum absolute atomic E-state index is 13.8. The van der Waals surface area contributed by atoms with Gasteiger partial charge in [0, 0.05) is 39.3 Å². The second-order valence-corrected chi connectivity index (χ2v) is 11.0. The van der Waals surface area contributed by atoms with Crippen molar-refractivity contribution in [1.29, 1.82) is 0 Å². The van der Waals surface area contributed by atoms with Crippen molar-refractivity contribution in [2.75, 3.05) is 63.3 Å². The molecule has 220 valence electrons.